The zero-order valence-corrected chi connectivity index (χ0v) is 21.4. The maximum Gasteiger partial charge on any atom is 0.418 e. The summed E-state index contributed by atoms with van der Waals surface area (Å²) in [6.45, 7) is -1.47. The predicted octanol–water partition coefficient (Wildman–Crippen LogP) is 5.11. The van der Waals surface area contributed by atoms with E-state index in [0.717, 1.165) is 12.1 Å². The molecule has 12 heteroatoms. The number of alkyl halides is 3. The van der Waals surface area contributed by atoms with Crippen molar-refractivity contribution in [1.82, 2.24) is 9.80 Å². The van der Waals surface area contributed by atoms with Crippen LogP contribution in [0, 0.1) is 11.7 Å². The van der Waals surface area contributed by atoms with E-state index in [9.17, 15) is 36.7 Å². The molecule has 2 aromatic rings. The number of amides is 3. The molecule has 5 rings (SSSR count). The lowest BCUT2D eigenvalue weighted by atomic mass is 9.78. The summed E-state index contributed by atoms with van der Waals surface area (Å²) in [5, 5.41) is 0. The number of rotatable bonds is 6. The smallest absolute Gasteiger partial charge is 0.418 e. The molecule has 38 heavy (non-hydrogen) atoms. The summed E-state index contributed by atoms with van der Waals surface area (Å²) in [7, 11) is 0. The van der Waals surface area contributed by atoms with Gasteiger partial charge in [-0.1, -0.05) is 34.1 Å². The van der Waals surface area contributed by atoms with E-state index >= 15 is 0 Å². The average molecular weight is 597 g/mol. The number of ketones is 1. The zero-order valence-electron chi connectivity index (χ0n) is 19.8. The molecule has 1 saturated heterocycles. The topological polar surface area (TPSA) is 84.0 Å². The van der Waals surface area contributed by atoms with Gasteiger partial charge in [0.2, 0.25) is 11.5 Å². The second kappa shape index (κ2) is 9.48. The number of ether oxygens (including phenoxy) is 1. The molecule has 0 bridgehead atoms. The lowest BCUT2D eigenvalue weighted by Gasteiger charge is -2.34. The normalized spacial score (nSPS) is 21.9. The number of imide groups is 1. The summed E-state index contributed by atoms with van der Waals surface area (Å²) in [5.41, 5.74) is -1.24. The van der Waals surface area contributed by atoms with E-state index in [2.05, 4.69) is 15.9 Å². The van der Waals surface area contributed by atoms with Crippen molar-refractivity contribution in [2.24, 2.45) is 5.92 Å². The summed E-state index contributed by atoms with van der Waals surface area (Å²) in [6.07, 6.45) is -5.65. The van der Waals surface area contributed by atoms with Gasteiger partial charge in [-0.25, -0.2) is 14.1 Å². The van der Waals surface area contributed by atoms with E-state index < -0.39 is 60.6 Å². The predicted molar refractivity (Wildman–Crippen MR) is 127 cm³/mol. The van der Waals surface area contributed by atoms with Crippen molar-refractivity contribution in [2.75, 3.05) is 6.54 Å². The van der Waals surface area contributed by atoms with Gasteiger partial charge in [0.25, 0.3) is 5.91 Å². The van der Waals surface area contributed by atoms with Crippen LogP contribution in [0.3, 0.4) is 0 Å². The van der Waals surface area contributed by atoms with Crippen LogP contribution in [0.2, 0.25) is 0 Å². The number of Topliss-reactive ketones (excluding diaryl/α,β-unsaturated/α-hetero) is 1. The Labute approximate surface area is 222 Å². The number of hydrogen-bond donors (Lipinski definition) is 0. The van der Waals surface area contributed by atoms with Crippen molar-refractivity contribution in [3.8, 4) is 0 Å². The number of carbonyl (C=O) groups is 4. The van der Waals surface area contributed by atoms with Gasteiger partial charge in [-0.05, 0) is 48.6 Å². The van der Waals surface area contributed by atoms with E-state index in [4.69, 9.17) is 4.74 Å². The molecule has 0 N–H and O–H groups in total. The van der Waals surface area contributed by atoms with Crippen molar-refractivity contribution in [3.63, 3.8) is 0 Å². The highest BCUT2D eigenvalue weighted by Gasteiger charge is 2.59. The minimum absolute atomic E-state index is 0.0984. The number of hydrogen-bond acceptors (Lipinski definition) is 5. The lowest BCUT2D eigenvalue weighted by molar-refractivity contribution is -0.196. The van der Waals surface area contributed by atoms with Crippen LogP contribution in [-0.2, 0) is 26.5 Å². The third-order valence-electron chi connectivity index (χ3n) is 7.11. The Morgan fingerprint density at radius 3 is 2.45 bits per heavy atom. The van der Waals surface area contributed by atoms with Crippen molar-refractivity contribution in [1.29, 1.82) is 0 Å². The molecule has 3 amide bonds. The van der Waals surface area contributed by atoms with Crippen LogP contribution in [0.25, 0.3) is 0 Å². The van der Waals surface area contributed by atoms with E-state index in [1.54, 1.807) is 6.07 Å². The molecule has 2 atom stereocenters. The highest BCUT2D eigenvalue weighted by atomic mass is 79.9. The van der Waals surface area contributed by atoms with Crippen LogP contribution in [0.15, 0.2) is 46.9 Å². The Kier molecular flexibility index (Phi) is 6.57. The van der Waals surface area contributed by atoms with Crippen molar-refractivity contribution in [3.05, 3.63) is 69.4 Å². The molecular weight excluding hydrogens is 576 g/mol. The van der Waals surface area contributed by atoms with Gasteiger partial charge in [-0.15, -0.1) is 0 Å². The molecule has 7 nitrogen and oxygen atoms in total. The zero-order chi connectivity index (χ0) is 27.4. The molecule has 1 heterocycles. The van der Waals surface area contributed by atoms with E-state index in [-0.39, 0.29) is 48.2 Å². The van der Waals surface area contributed by atoms with Crippen LogP contribution in [0.4, 0.5) is 22.4 Å². The summed E-state index contributed by atoms with van der Waals surface area (Å²) in [4.78, 5) is 53.3. The standard InChI is InChI=1S/C26H21BrF4N2O5/c27-16-5-8-19-18(11-16)20(34)9-10-25(19)23(36)33(24(37)38-25)13-21(35)32(12-14-1-6-17(28)7-2-14)22(15-3-4-15)26(29,30)31/h1-2,5-8,11,15,22H,3-4,9-10,12-13H2/t22-,25?/m0/s1. The fourth-order valence-electron chi connectivity index (χ4n) is 5.14. The van der Waals surface area contributed by atoms with E-state index in [1.807, 2.05) is 0 Å². The van der Waals surface area contributed by atoms with Crippen molar-refractivity contribution < 1.29 is 41.5 Å². The maximum atomic E-state index is 14.1. The first kappa shape index (κ1) is 26.3. The number of carbonyl (C=O) groups excluding carboxylic acids is 4. The molecule has 200 valence electrons. The molecule has 2 aliphatic carbocycles. The fraction of sp³-hybridized carbons (Fsp3) is 0.385. The molecule has 2 aromatic carbocycles. The number of nitrogens with zero attached hydrogens (tertiary/aromatic N) is 2. The Bertz CT molecular complexity index is 1330. The summed E-state index contributed by atoms with van der Waals surface area (Å²) >= 11 is 3.26. The summed E-state index contributed by atoms with van der Waals surface area (Å²) in [5.74, 6) is -3.68. The first-order chi connectivity index (χ1) is 17.9. The van der Waals surface area contributed by atoms with Crippen LogP contribution in [0.1, 0.15) is 47.2 Å². The summed E-state index contributed by atoms with van der Waals surface area (Å²) in [6, 6.07) is 7.10. The van der Waals surface area contributed by atoms with Gasteiger partial charge in [0.15, 0.2) is 5.78 Å². The minimum atomic E-state index is -4.76. The second-order valence-electron chi connectivity index (χ2n) is 9.67. The van der Waals surface area contributed by atoms with Crippen LogP contribution >= 0.6 is 15.9 Å². The summed E-state index contributed by atoms with van der Waals surface area (Å²) < 4.78 is 61.7. The van der Waals surface area contributed by atoms with Crippen LogP contribution in [0.5, 0.6) is 0 Å². The van der Waals surface area contributed by atoms with E-state index in [0.29, 0.717) is 14.3 Å². The Hall–Kier alpha value is -3.28. The lowest BCUT2D eigenvalue weighted by Crippen LogP contribution is -2.53. The maximum absolute atomic E-state index is 14.1. The van der Waals surface area contributed by atoms with Crippen molar-refractivity contribution >= 4 is 39.6 Å². The largest absolute Gasteiger partial charge is 0.427 e. The number of fused-ring (bicyclic) bond motifs is 2. The monoisotopic (exact) mass is 596 g/mol. The highest BCUT2D eigenvalue weighted by molar-refractivity contribution is 9.10. The molecule has 1 saturated carbocycles. The number of benzene rings is 2. The molecule has 3 aliphatic rings. The van der Waals surface area contributed by atoms with Gasteiger partial charge in [-0.3, -0.25) is 14.4 Å². The van der Waals surface area contributed by atoms with Gasteiger partial charge < -0.3 is 9.64 Å². The molecule has 1 aliphatic heterocycles. The van der Waals surface area contributed by atoms with Gasteiger partial charge in [0.1, 0.15) is 18.4 Å². The Morgan fingerprint density at radius 2 is 1.82 bits per heavy atom. The molecular formula is C26H21BrF4N2O5. The van der Waals surface area contributed by atoms with Crippen LogP contribution in [-0.4, -0.2) is 52.3 Å². The fourth-order valence-corrected chi connectivity index (χ4v) is 5.50. The minimum Gasteiger partial charge on any atom is -0.427 e. The SMILES string of the molecule is O=C1CCC2(OC(=O)N(CC(=O)N(Cc3ccc(F)cc3)[C@@H](C3CC3)C(F)(F)F)C2=O)c2ccc(Br)cc21. The molecule has 2 fully saturated rings. The number of halogens is 5. The second-order valence-corrected chi connectivity index (χ2v) is 10.6. The molecule has 0 aromatic heterocycles. The van der Waals surface area contributed by atoms with Gasteiger partial charge >= 0.3 is 12.3 Å². The Balaban J connectivity index is 1.45. The molecule has 0 radical (unpaired) electrons. The first-order valence-electron chi connectivity index (χ1n) is 11.9. The third kappa shape index (κ3) is 4.70. The van der Waals surface area contributed by atoms with Gasteiger partial charge in [0, 0.05) is 35.0 Å². The third-order valence-corrected chi connectivity index (χ3v) is 7.61. The van der Waals surface area contributed by atoms with Crippen molar-refractivity contribution in [2.45, 2.75) is 50.0 Å². The molecule has 1 unspecified atom stereocenters. The quantitative estimate of drug-likeness (QED) is 0.433. The first-order valence-corrected chi connectivity index (χ1v) is 12.7. The Morgan fingerprint density at radius 1 is 1.13 bits per heavy atom. The van der Waals surface area contributed by atoms with E-state index in [1.165, 1.54) is 24.3 Å². The highest BCUT2D eigenvalue weighted by Crippen LogP contribution is 2.46. The van der Waals surface area contributed by atoms with Crippen LogP contribution < -0.4 is 0 Å². The van der Waals surface area contributed by atoms with Gasteiger partial charge in [0.05, 0.1) is 0 Å². The average Bonchev–Trinajstić information content (AvgIpc) is 3.65. The molecule has 1 spiro atoms. The van der Waals surface area contributed by atoms with Gasteiger partial charge in [-0.2, -0.15) is 13.2 Å².